The average molecular weight is 498 g/mol. The third-order valence-electron chi connectivity index (χ3n) is 3.92. The highest BCUT2D eigenvalue weighted by molar-refractivity contribution is 7.88. The number of halogens is 5. The molecule has 2 rings (SSSR count). The van der Waals surface area contributed by atoms with Gasteiger partial charge < -0.3 is 14.2 Å². The molecule has 0 spiro atoms. The Balaban J connectivity index is 2.20. The van der Waals surface area contributed by atoms with E-state index in [1.807, 2.05) is 0 Å². The first-order valence-corrected chi connectivity index (χ1v) is 10.7. The van der Waals surface area contributed by atoms with Crippen LogP contribution in [-0.2, 0) is 26.1 Å². The predicted molar refractivity (Wildman–Crippen MR) is 105 cm³/mol. The van der Waals surface area contributed by atoms with Crippen molar-refractivity contribution in [3.8, 4) is 5.75 Å². The fraction of sp³-hybridized carbons (Fsp3) is 0.263. The first kappa shape index (κ1) is 25.4. The molecule has 32 heavy (non-hydrogen) atoms. The van der Waals surface area contributed by atoms with Crippen LogP contribution in [0.1, 0.15) is 22.8 Å². The predicted octanol–water partition coefficient (Wildman–Crippen LogP) is 3.61. The molecular formula is C19H16ClF4NO6S. The number of hydrogen-bond acceptors (Lipinski definition) is 6. The summed E-state index contributed by atoms with van der Waals surface area (Å²) >= 11 is 5.85. The lowest BCUT2D eigenvalue weighted by Crippen LogP contribution is -2.43. The number of amides is 1. The Morgan fingerprint density at radius 3 is 2.28 bits per heavy atom. The third-order valence-corrected chi connectivity index (χ3v) is 5.21. The Labute approximate surface area is 185 Å². The fourth-order valence-electron chi connectivity index (χ4n) is 2.47. The molecule has 0 saturated heterocycles. The summed E-state index contributed by atoms with van der Waals surface area (Å²) in [5.74, 6) is -3.36. The van der Waals surface area contributed by atoms with E-state index < -0.39 is 50.7 Å². The monoisotopic (exact) mass is 497 g/mol. The van der Waals surface area contributed by atoms with Gasteiger partial charge in [-0.25, -0.2) is 9.18 Å². The number of alkyl halides is 3. The third kappa shape index (κ3) is 6.33. The Bertz CT molecular complexity index is 1070. The highest BCUT2D eigenvalue weighted by atomic mass is 35.5. The van der Waals surface area contributed by atoms with Crippen molar-refractivity contribution in [3.05, 3.63) is 64.4 Å². The van der Waals surface area contributed by atoms with Gasteiger partial charge in [-0.2, -0.15) is 21.6 Å². The number of hydrogen-bond donors (Lipinski definition) is 1. The summed E-state index contributed by atoms with van der Waals surface area (Å²) in [5.41, 5.74) is -5.77. The van der Waals surface area contributed by atoms with E-state index in [0.29, 0.717) is 5.56 Å². The summed E-state index contributed by atoms with van der Waals surface area (Å²) in [6, 6.07) is 6.54. The maximum absolute atomic E-state index is 14.0. The molecule has 1 N–H and O–H groups in total. The molecule has 0 aliphatic carbocycles. The molecule has 0 saturated carbocycles. The van der Waals surface area contributed by atoms with E-state index in [2.05, 4.69) is 9.50 Å². The molecule has 0 aliphatic rings. The van der Waals surface area contributed by atoms with Crippen molar-refractivity contribution in [1.29, 1.82) is 0 Å². The smallest absolute Gasteiger partial charge is 0.464 e. The molecule has 174 valence electrons. The summed E-state index contributed by atoms with van der Waals surface area (Å²) in [6.07, 6.45) is -0.205. The molecule has 2 aromatic rings. The lowest BCUT2D eigenvalue weighted by atomic mass is 10.0. The standard InChI is InChI=1S/C19H16ClF4NO6S/c1-2-30-18(27)15(25-17(26)16-13(20)4-3-5-14(16)21)10-11-6-8-12(9-7-11)31-32(28,29)19(22,23)24/h3-9,15H,2,10H2,1H3,(H,25,26)/t15-/m0/s1. The Morgan fingerprint density at radius 2 is 1.75 bits per heavy atom. The van der Waals surface area contributed by atoms with E-state index >= 15 is 0 Å². The molecule has 0 fully saturated rings. The van der Waals surface area contributed by atoms with Gasteiger partial charge in [-0.1, -0.05) is 29.8 Å². The number of rotatable bonds is 8. The second kappa shape index (κ2) is 10.2. The van der Waals surface area contributed by atoms with Gasteiger partial charge in [-0.05, 0) is 36.8 Å². The maximum Gasteiger partial charge on any atom is 0.534 e. The molecular weight excluding hydrogens is 482 g/mol. The zero-order valence-electron chi connectivity index (χ0n) is 16.3. The quantitative estimate of drug-likeness (QED) is 0.259. The van der Waals surface area contributed by atoms with Gasteiger partial charge in [-0.3, -0.25) is 4.79 Å². The summed E-state index contributed by atoms with van der Waals surface area (Å²) in [7, 11) is -5.84. The van der Waals surface area contributed by atoms with Crippen LogP contribution in [0.25, 0.3) is 0 Å². The van der Waals surface area contributed by atoms with E-state index in [0.717, 1.165) is 18.2 Å². The van der Waals surface area contributed by atoms with Gasteiger partial charge >= 0.3 is 21.6 Å². The lowest BCUT2D eigenvalue weighted by Gasteiger charge is -2.18. The van der Waals surface area contributed by atoms with Crippen molar-refractivity contribution in [1.82, 2.24) is 5.32 Å². The van der Waals surface area contributed by atoms with Crippen LogP contribution in [-0.4, -0.2) is 38.5 Å². The number of esters is 1. The summed E-state index contributed by atoms with van der Waals surface area (Å²) in [5, 5.41) is 2.12. The minimum absolute atomic E-state index is 0.0201. The van der Waals surface area contributed by atoms with Crippen LogP contribution in [0.2, 0.25) is 5.02 Å². The van der Waals surface area contributed by atoms with E-state index in [9.17, 15) is 35.6 Å². The molecule has 0 unspecified atom stereocenters. The summed E-state index contributed by atoms with van der Waals surface area (Å²) in [6.45, 7) is 1.51. The van der Waals surface area contributed by atoms with E-state index in [1.54, 1.807) is 0 Å². The summed E-state index contributed by atoms with van der Waals surface area (Å²) in [4.78, 5) is 24.7. The first-order chi connectivity index (χ1) is 14.9. The first-order valence-electron chi connectivity index (χ1n) is 8.87. The zero-order valence-corrected chi connectivity index (χ0v) is 17.9. The van der Waals surface area contributed by atoms with Crippen molar-refractivity contribution < 1.29 is 44.5 Å². The zero-order chi connectivity index (χ0) is 24.1. The van der Waals surface area contributed by atoms with Gasteiger partial charge in [0.25, 0.3) is 5.91 Å². The van der Waals surface area contributed by atoms with Crippen molar-refractivity contribution in [2.75, 3.05) is 6.61 Å². The van der Waals surface area contributed by atoms with Crippen LogP contribution in [0, 0.1) is 5.82 Å². The minimum atomic E-state index is -5.84. The van der Waals surface area contributed by atoms with Crippen LogP contribution >= 0.6 is 11.6 Å². The van der Waals surface area contributed by atoms with Gasteiger partial charge in [-0.15, -0.1) is 0 Å². The second-order valence-corrected chi connectivity index (χ2v) is 8.15. The topological polar surface area (TPSA) is 98.8 Å². The molecule has 0 heterocycles. The molecule has 1 amide bonds. The van der Waals surface area contributed by atoms with Gasteiger partial charge in [0.05, 0.1) is 17.2 Å². The minimum Gasteiger partial charge on any atom is -0.464 e. The Morgan fingerprint density at radius 1 is 1.12 bits per heavy atom. The van der Waals surface area contributed by atoms with Crippen molar-refractivity contribution >= 4 is 33.6 Å². The van der Waals surface area contributed by atoms with E-state index in [1.165, 1.54) is 31.2 Å². The molecule has 13 heteroatoms. The highest BCUT2D eigenvalue weighted by Gasteiger charge is 2.48. The lowest BCUT2D eigenvalue weighted by molar-refractivity contribution is -0.145. The molecule has 7 nitrogen and oxygen atoms in total. The largest absolute Gasteiger partial charge is 0.534 e. The molecule has 2 aromatic carbocycles. The number of benzene rings is 2. The number of carbonyl (C=O) groups is 2. The van der Waals surface area contributed by atoms with Gasteiger partial charge in [0.15, 0.2) is 0 Å². The molecule has 0 bridgehead atoms. The van der Waals surface area contributed by atoms with E-state index in [4.69, 9.17) is 16.3 Å². The number of nitrogens with one attached hydrogen (secondary N) is 1. The SMILES string of the molecule is CCOC(=O)[C@H](Cc1ccc(OS(=O)(=O)C(F)(F)F)cc1)NC(=O)c1c(F)cccc1Cl. The second-order valence-electron chi connectivity index (χ2n) is 6.21. The summed E-state index contributed by atoms with van der Waals surface area (Å²) < 4.78 is 82.2. The van der Waals surface area contributed by atoms with Crippen molar-refractivity contribution in [2.24, 2.45) is 0 Å². The van der Waals surface area contributed by atoms with Crippen LogP contribution in [0.3, 0.4) is 0 Å². The maximum atomic E-state index is 14.0. The van der Waals surface area contributed by atoms with Crippen molar-refractivity contribution in [2.45, 2.75) is 24.9 Å². The fourth-order valence-corrected chi connectivity index (χ4v) is 3.18. The molecule has 0 aromatic heterocycles. The Hall–Kier alpha value is -2.86. The highest BCUT2D eigenvalue weighted by Crippen LogP contribution is 2.27. The molecule has 0 aliphatic heterocycles. The van der Waals surface area contributed by atoms with Crippen LogP contribution in [0.4, 0.5) is 17.6 Å². The van der Waals surface area contributed by atoms with Crippen LogP contribution in [0.5, 0.6) is 5.75 Å². The van der Waals surface area contributed by atoms with Crippen LogP contribution in [0.15, 0.2) is 42.5 Å². The normalized spacial score (nSPS) is 12.7. The number of carbonyl (C=O) groups excluding carboxylic acids is 2. The molecule has 0 radical (unpaired) electrons. The van der Waals surface area contributed by atoms with Crippen molar-refractivity contribution in [3.63, 3.8) is 0 Å². The van der Waals surface area contributed by atoms with Crippen LogP contribution < -0.4 is 9.50 Å². The van der Waals surface area contributed by atoms with Gasteiger partial charge in [0, 0.05) is 6.42 Å². The molecule has 1 atom stereocenters. The van der Waals surface area contributed by atoms with Gasteiger partial charge in [0.2, 0.25) is 0 Å². The van der Waals surface area contributed by atoms with E-state index in [-0.39, 0.29) is 18.1 Å². The van der Waals surface area contributed by atoms with Gasteiger partial charge in [0.1, 0.15) is 17.6 Å². The number of ether oxygens (including phenoxy) is 1. The average Bonchev–Trinajstić information content (AvgIpc) is 2.68. The Kier molecular flexibility index (Phi) is 8.07.